The standard InChI is InChI=1S/C23H31N5O3/c1-14-10-24-20(8-17(14)18-11-25-28-13-23(2,3)9-19(18)28)27-22(31)15-5-4-6-16(7-15)26-21(30)12-29/h8,10-11,15-16,29H,4-7,9,12-13H2,1-3H3,(H,26,30)(H,24,27,31)/t15-,16-/m1/s1. The molecule has 8 heteroatoms. The van der Waals surface area contributed by atoms with E-state index < -0.39 is 12.5 Å². The lowest BCUT2D eigenvalue weighted by atomic mass is 9.85. The summed E-state index contributed by atoms with van der Waals surface area (Å²) in [5, 5.41) is 19.3. The second-order valence-electron chi connectivity index (χ2n) is 9.66. The lowest BCUT2D eigenvalue weighted by Gasteiger charge is -2.28. The van der Waals surface area contributed by atoms with Crippen molar-refractivity contribution in [2.75, 3.05) is 11.9 Å². The third-order valence-corrected chi connectivity index (χ3v) is 6.37. The van der Waals surface area contributed by atoms with Crippen LogP contribution in [-0.4, -0.2) is 44.3 Å². The number of anilines is 1. The summed E-state index contributed by atoms with van der Waals surface area (Å²) in [7, 11) is 0. The highest BCUT2D eigenvalue weighted by Gasteiger charge is 2.32. The van der Waals surface area contributed by atoms with E-state index in [0.29, 0.717) is 12.2 Å². The number of pyridine rings is 1. The van der Waals surface area contributed by atoms with Crippen LogP contribution in [0.1, 0.15) is 50.8 Å². The summed E-state index contributed by atoms with van der Waals surface area (Å²) < 4.78 is 2.08. The number of aliphatic hydroxyl groups is 1. The van der Waals surface area contributed by atoms with Crippen molar-refractivity contribution < 1.29 is 14.7 Å². The van der Waals surface area contributed by atoms with Gasteiger partial charge < -0.3 is 15.7 Å². The van der Waals surface area contributed by atoms with E-state index >= 15 is 0 Å². The predicted octanol–water partition coefficient (Wildman–Crippen LogP) is 2.44. The molecule has 0 spiro atoms. The molecule has 31 heavy (non-hydrogen) atoms. The van der Waals surface area contributed by atoms with Gasteiger partial charge >= 0.3 is 0 Å². The molecule has 166 valence electrons. The van der Waals surface area contributed by atoms with Crippen molar-refractivity contribution in [3.05, 3.63) is 29.7 Å². The molecular weight excluding hydrogens is 394 g/mol. The SMILES string of the molecule is Cc1cnc(NC(=O)[C@@H]2CCC[C@@H](NC(=O)CO)C2)cc1-c1cnn2c1CC(C)(C)C2. The first kappa shape index (κ1) is 21.5. The van der Waals surface area contributed by atoms with Crippen molar-refractivity contribution in [1.29, 1.82) is 0 Å². The highest BCUT2D eigenvalue weighted by molar-refractivity contribution is 5.92. The van der Waals surface area contributed by atoms with E-state index in [4.69, 9.17) is 5.11 Å². The zero-order valence-electron chi connectivity index (χ0n) is 18.4. The second-order valence-corrected chi connectivity index (χ2v) is 9.66. The summed E-state index contributed by atoms with van der Waals surface area (Å²) in [6.07, 6.45) is 7.71. The van der Waals surface area contributed by atoms with Crippen molar-refractivity contribution in [3.8, 4) is 11.1 Å². The van der Waals surface area contributed by atoms with Crippen LogP contribution < -0.4 is 10.6 Å². The molecule has 0 unspecified atom stereocenters. The van der Waals surface area contributed by atoms with Crippen LogP contribution in [0.5, 0.6) is 0 Å². The molecule has 0 bridgehead atoms. The van der Waals surface area contributed by atoms with Gasteiger partial charge in [-0.15, -0.1) is 0 Å². The number of hydrogen-bond donors (Lipinski definition) is 3. The van der Waals surface area contributed by atoms with Crippen LogP contribution in [0.15, 0.2) is 18.5 Å². The molecule has 2 amide bonds. The van der Waals surface area contributed by atoms with Crippen LogP contribution >= 0.6 is 0 Å². The number of hydrogen-bond acceptors (Lipinski definition) is 5. The number of carbonyl (C=O) groups is 2. The number of nitrogens with one attached hydrogen (secondary N) is 2. The molecule has 0 radical (unpaired) electrons. The minimum atomic E-state index is -0.529. The Morgan fingerprint density at radius 1 is 1.26 bits per heavy atom. The zero-order chi connectivity index (χ0) is 22.2. The van der Waals surface area contributed by atoms with E-state index in [1.165, 1.54) is 5.69 Å². The van der Waals surface area contributed by atoms with Gasteiger partial charge in [0, 0.05) is 36.0 Å². The van der Waals surface area contributed by atoms with E-state index in [9.17, 15) is 9.59 Å². The van der Waals surface area contributed by atoms with Gasteiger partial charge in [0.1, 0.15) is 12.4 Å². The van der Waals surface area contributed by atoms with Crippen LogP contribution in [0.3, 0.4) is 0 Å². The molecule has 2 aromatic heterocycles. The Kier molecular flexibility index (Phi) is 5.83. The summed E-state index contributed by atoms with van der Waals surface area (Å²) in [5.74, 6) is -0.130. The highest BCUT2D eigenvalue weighted by Crippen LogP contribution is 2.38. The van der Waals surface area contributed by atoms with Gasteiger partial charge in [-0.2, -0.15) is 5.10 Å². The quantitative estimate of drug-likeness (QED) is 0.682. The topological polar surface area (TPSA) is 109 Å². The largest absolute Gasteiger partial charge is 0.387 e. The number of aryl methyl sites for hydroxylation is 1. The van der Waals surface area contributed by atoms with Crippen molar-refractivity contribution in [1.82, 2.24) is 20.1 Å². The molecule has 0 aromatic carbocycles. The van der Waals surface area contributed by atoms with Crippen LogP contribution in [0.4, 0.5) is 5.82 Å². The summed E-state index contributed by atoms with van der Waals surface area (Å²) in [5.41, 5.74) is 4.61. The van der Waals surface area contributed by atoms with Crippen molar-refractivity contribution in [3.63, 3.8) is 0 Å². The van der Waals surface area contributed by atoms with Gasteiger partial charge in [-0.05, 0) is 55.2 Å². The molecule has 8 nitrogen and oxygen atoms in total. The van der Waals surface area contributed by atoms with Gasteiger partial charge in [0.15, 0.2) is 0 Å². The van der Waals surface area contributed by atoms with E-state index in [-0.39, 0.29) is 23.3 Å². The molecule has 2 atom stereocenters. The molecule has 2 aromatic rings. The lowest BCUT2D eigenvalue weighted by molar-refractivity contribution is -0.126. The average molecular weight is 426 g/mol. The van der Waals surface area contributed by atoms with Gasteiger partial charge in [0.2, 0.25) is 11.8 Å². The third-order valence-electron chi connectivity index (χ3n) is 6.37. The first-order chi connectivity index (χ1) is 14.8. The van der Waals surface area contributed by atoms with Gasteiger partial charge in [-0.25, -0.2) is 4.98 Å². The van der Waals surface area contributed by atoms with Crippen LogP contribution in [0, 0.1) is 18.3 Å². The van der Waals surface area contributed by atoms with Gasteiger partial charge in [-0.3, -0.25) is 14.3 Å². The molecule has 1 saturated carbocycles. The number of carbonyl (C=O) groups excluding carboxylic acids is 2. The van der Waals surface area contributed by atoms with Crippen LogP contribution in [-0.2, 0) is 22.6 Å². The summed E-state index contributed by atoms with van der Waals surface area (Å²) in [6.45, 7) is 6.90. The molecule has 1 aliphatic carbocycles. The Labute approximate surface area is 182 Å². The highest BCUT2D eigenvalue weighted by atomic mass is 16.3. The maximum Gasteiger partial charge on any atom is 0.245 e. The minimum absolute atomic E-state index is 0.0772. The Hall–Kier alpha value is -2.74. The number of amides is 2. The normalized spacial score (nSPS) is 22.1. The lowest BCUT2D eigenvalue weighted by Crippen LogP contribution is -2.42. The molecule has 0 saturated heterocycles. The number of aliphatic hydroxyl groups excluding tert-OH is 1. The van der Waals surface area contributed by atoms with Gasteiger partial charge in [0.05, 0.1) is 6.20 Å². The predicted molar refractivity (Wildman–Crippen MR) is 117 cm³/mol. The third kappa shape index (κ3) is 4.63. The molecule has 3 N–H and O–H groups in total. The van der Waals surface area contributed by atoms with Gasteiger partial charge in [-0.1, -0.05) is 20.3 Å². The van der Waals surface area contributed by atoms with Crippen molar-refractivity contribution in [2.24, 2.45) is 11.3 Å². The summed E-state index contributed by atoms with van der Waals surface area (Å²) in [4.78, 5) is 28.8. The molecule has 4 rings (SSSR count). The number of nitrogens with zero attached hydrogens (tertiary/aromatic N) is 3. The Balaban J connectivity index is 1.48. The van der Waals surface area contributed by atoms with Crippen LogP contribution in [0.2, 0.25) is 0 Å². The smallest absolute Gasteiger partial charge is 0.245 e. The summed E-state index contributed by atoms with van der Waals surface area (Å²) >= 11 is 0. The minimum Gasteiger partial charge on any atom is -0.387 e. The number of fused-ring (bicyclic) bond motifs is 1. The van der Waals surface area contributed by atoms with E-state index in [0.717, 1.165) is 48.9 Å². The van der Waals surface area contributed by atoms with E-state index in [1.54, 1.807) is 6.20 Å². The maximum absolute atomic E-state index is 12.9. The Morgan fingerprint density at radius 3 is 2.84 bits per heavy atom. The first-order valence-corrected chi connectivity index (χ1v) is 11.0. The fourth-order valence-corrected chi connectivity index (χ4v) is 4.82. The van der Waals surface area contributed by atoms with Crippen molar-refractivity contribution in [2.45, 2.75) is 65.5 Å². The fourth-order valence-electron chi connectivity index (χ4n) is 4.82. The molecule has 1 aliphatic heterocycles. The second kappa shape index (κ2) is 8.42. The van der Waals surface area contributed by atoms with E-state index in [2.05, 4.69) is 39.2 Å². The Bertz CT molecular complexity index is 997. The number of rotatable bonds is 5. The van der Waals surface area contributed by atoms with Crippen LogP contribution in [0.25, 0.3) is 11.1 Å². The number of aromatic nitrogens is 3. The first-order valence-electron chi connectivity index (χ1n) is 11.0. The maximum atomic E-state index is 12.9. The molecule has 2 aliphatic rings. The van der Waals surface area contributed by atoms with E-state index in [1.807, 2.05) is 19.2 Å². The Morgan fingerprint density at radius 2 is 2.06 bits per heavy atom. The monoisotopic (exact) mass is 425 g/mol. The average Bonchev–Trinajstić information content (AvgIpc) is 3.24. The zero-order valence-corrected chi connectivity index (χ0v) is 18.4. The summed E-state index contributed by atoms with van der Waals surface area (Å²) in [6, 6.07) is 1.86. The molecular formula is C23H31N5O3. The fraction of sp³-hybridized carbons (Fsp3) is 0.565. The molecule has 1 fully saturated rings. The van der Waals surface area contributed by atoms with Crippen molar-refractivity contribution >= 4 is 17.6 Å². The van der Waals surface area contributed by atoms with Gasteiger partial charge in [0.25, 0.3) is 0 Å². The molecule has 3 heterocycles.